The average molecular weight is 532 g/mol. The van der Waals surface area contributed by atoms with Crippen LogP contribution in [0.15, 0.2) is 134 Å². The van der Waals surface area contributed by atoms with E-state index in [1.165, 1.54) is 31.1 Å². The highest BCUT2D eigenvalue weighted by molar-refractivity contribution is 7.25. The lowest BCUT2D eigenvalue weighted by atomic mass is 10.0. The van der Waals surface area contributed by atoms with E-state index in [4.69, 9.17) is 4.98 Å². The monoisotopic (exact) mass is 531 g/mol. The molecule has 0 spiro atoms. The third-order valence-electron chi connectivity index (χ3n) is 7.79. The van der Waals surface area contributed by atoms with Crippen LogP contribution in [0.25, 0.3) is 53.4 Å². The van der Waals surface area contributed by atoms with Crippen molar-refractivity contribution in [2.24, 2.45) is 0 Å². The Labute approximate surface area is 236 Å². The average Bonchev–Trinajstić information content (AvgIpc) is 3.54. The number of nitrogens with zero attached hydrogens (tertiary/aromatic N) is 3. The van der Waals surface area contributed by atoms with E-state index in [-0.39, 0.29) is 0 Å². The second kappa shape index (κ2) is 9.08. The highest BCUT2D eigenvalue weighted by atomic mass is 32.1. The van der Waals surface area contributed by atoms with Gasteiger partial charge in [0.05, 0.1) is 16.6 Å². The van der Waals surface area contributed by atoms with Crippen molar-refractivity contribution >= 4 is 70.4 Å². The summed E-state index contributed by atoms with van der Waals surface area (Å²) in [6.45, 7) is 5.25. The van der Waals surface area contributed by atoms with Crippen LogP contribution >= 0.6 is 11.3 Å². The summed E-state index contributed by atoms with van der Waals surface area (Å²) < 4.78 is 4.95. The van der Waals surface area contributed by atoms with E-state index in [1.54, 1.807) is 0 Å². The molecule has 0 saturated heterocycles. The van der Waals surface area contributed by atoms with Gasteiger partial charge in [-0.3, -0.25) is 4.98 Å². The van der Waals surface area contributed by atoms with Crippen LogP contribution in [-0.2, 0) is 0 Å². The molecule has 1 aliphatic rings. The van der Waals surface area contributed by atoms with Crippen molar-refractivity contribution in [3.8, 4) is 5.69 Å². The molecule has 4 aromatic carbocycles. The van der Waals surface area contributed by atoms with E-state index in [1.807, 2.05) is 23.6 Å². The molecule has 0 saturated carbocycles. The summed E-state index contributed by atoms with van der Waals surface area (Å²) >= 11 is 1.85. The first-order chi connectivity index (χ1) is 19.8. The second-order valence-corrected chi connectivity index (χ2v) is 11.2. The molecule has 40 heavy (non-hydrogen) atoms. The molecule has 0 amide bonds. The van der Waals surface area contributed by atoms with Crippen molar-refractivity contribution in [2.75, 3.05) is 11.4 Å². The number of anilines is 2. The normalized spacial score (nSPS) is 15.3. The van der Waals surface area contributed by atoms with Crippen molar-refractivity contribution in [3.05, 3.63) is 140 Å². The highest BCUT2D eigenvalue weighted by Crippen LogP contribution is 2.41. The summed E-state index contributed by atoms with van der Waals surface area (Å²) in [5, 5.41) is 3.76. The van der Waals surface area contributed by atoms with Gasteiger partial charge in [-0.1, -0.05) is 67.3 Å². The Kier molecular flexibility index (Phi) is 5.22. The Morgan fingerprint density at radius 2 is 1.57 bits per heavy atom. The number of thiophene rings is 1. The number of hydrogen-bond acceptors (Lipinski definition) is 3. The smallest absolute Gasteiger partial charge is 0.0963 e. The van der Waals surface area contributed by atoms with E-state index in [0.29, 0.717) is 0 Å². The molecule has 190 valence electrons. The van der Waals surface area contributed by atoms with Gasteiger partial charge in [-0.2, -0.15) is 0 Å². The standard InChI is InChI=1S/C36H25N3S/c1-24-11-4-3-9-20-38(25-12-5-2-6-13-25)31-18-17-26(21-28(24)31)39-32-15-10-19-37-36(32)30-22-29-27-14-7-8-16-34(27)40-35(29)23-33(30)39/h2-19,21-23H,1,20H2/b9-3-,11-4-. The van der Waals surface area contributed by atoms with Crippen molar-refractivity contribution in [1.82, 2.24) is 9.55 Å². The minimum Gasteiger partial charge on any atom is -0.337 e. The first-order valence-corrected chi connectivity index (χ1v) is 14.3. The summed E-state index contributed by atoms with van der Waals surface area (Å²) in [6.07, 6.45) is 10.4. The molecule has 8 rings (SSSR count). The first-order valence-electron chi connectivity index (χ1n) is 13.5. The topological polar surface area (TPSA) is 21.1 Å². The lowest BCUT2D eigenvalue weighted by Crippen LogP contribution is -2.18. The van der Waals surface area contributed by atoms with Crippen molar-refractivity contribution in [3.63, 3.8) is 0 Å². The molecule has 0 bridgehead atoms. The Morgan fingerprint density at radius 1 is 0.700 bits per heavy atom. The maximum absolute atomic E-state index is 4.86. The van der Waals surface area contributed by atoms with E-state index >= 15 is 0 Å². The fraction of sp³-hybridized carbons (Fsp3) is 0.0278. The van der Waals surface area contributed by atoms with Gasteiger partial charge in [0.2, 0.25) is 0 Å². The fourth-order valence-corrected chi connectivity index (χ4v) is 7.06. The van der Waals surface area contributed by atoms with Gasteiger partial charge in [-0.25, -0.2) is 0 Å². The van der Waals surface area contributed by atoms with Gasteiger partial charge in [-0.05, 0) is 66.2 Å². The Morgan fingerprint density at radius 3 is 2.50 bits per heavy atom. The summed E-state index contributed by atoms with van der Waals surface area (Å²) in [6, 6.07) is 34.8. The predicted octanol–water partition coefficient (Wildman–Crippen LogP) is 9.82. The van der Waals surface area contributed by atoms with Crippen LogP contribution in [0, 0.1) is 0 Å². The summed E-state index contributed by atoms with van der Waals surface area (Å²) in [5.41, 5.74) is 8.78. The second-order valence-electron chi connectivity index (χ2n) is 10.1. The van der Waals surface area contributed by atoms with Crippen molar-refractivity contribution < 1.29 is 0 Å². The lowest BCUT2D eigenvalue weighted by Gasteiger charge is -2.27. The van der Waals surface area contributed by atoms with Gasteiger partial charge >= 0.3 is 0 Å². The molecule has 4 heteroatoms. The van der Waals surface area contributed by atoms with Crippen LogP contribution in [0.4, 0.5) is 11.4 Å². The van der Waals surface area contributed by atoms with Gasteiger partial charge in [0.15, 0.2) is 0 Å². The molecule has 4 heterocycles. The largest absolute Gasteiger partial charge is 0.337 e. The van der Waals surface area contributed by atoms with Gasteiger partial charge in [0.25, 0.3) is 0 Å². The molecule has 0 radical (unpaired) electrons. The van der Waals surface area contributed by atoms with Crippen LogP contribution in [0.2, 0.25) is 0 Å². The molecule has 0 fully saturated rings. The summed E-state index contributed by atoms with van der Waals surface area (Å²) in [4.78, 5) is 7.21. The number of allylic oxidation sites excluding steroid dienone is 4. The fourth-order valence-electron chi connectivity index (χ4n) is 5.94. The molecule has 0 atom stereocenters. The number of benzene rings is 4. The van der Waals surface area contributed by atoms with Crippen LogP contribution < -0.4 is 4.90 Å². The molecular weight excluding hydrogens is 506 g/mol. The molecule has 0 aliphatic carbocycles. The van der Waals surface area contributed by atoms with Crippen molar-refractivity contribution in [2.45, 2.75) is 0 Å². The van der Waals surface area contributed by atoms with Crippen LogP contribution in [0.1, 0.15) is 5.56 Å². The molecular formula is C36H25N3S. The Hall–Kier alpha value is -4.93. The number of fused-ring (bicyclic) bond motifs is 7. The molecule has 3 nitrogen and oxygen atoms in total. The molecule has 0 N–H and O–H groups in total. The highest BCUT2D eigenvalue weighted by Gasteiger charge is 2.19. The summed E-state index contributed by atoms with van der Waals surface area (Å²) in [5.74, 6) is 0. The molecule has 3 aromatic heterocycles. The van der Waals surface area contributed by atoms with Crippen LogP contribution in [-0.4, -0.2) is 16.1 Å². The number of hydrogen-bond donors (Lipinski definition) is 0. The van der Waals surface area contributed by atoms with Gasteiger partial charge < -0.3 is 9.47 Å². The zero-order valence-electron chi connectivity index (χ0n) is 21.8. The van der Waals surface area contributed by atoms with E-state index < -0.39 is 0 Å². The van der Waals surface area contributed by atoms with Gasteiger partial charge in [-0.15, -0.1) is 11.3 Å². The minimum absolute atomic E-state index is 0.775. The quantitative estimate of drug-likeness (QED) is 0.221. The minimum atomic E-state index is 0.775. The first kappa shape index (κ1) is 23.0. The molecule has 0 unspecified atom stereocenters. The van der Waals surface area contributed by atoms with E-state index in [2.05, 4.69) is 131 Å². The zero-order valence-corrected chi connectivity index (χ0v) is 22.6. The Balaban J connectivity index is 1.40. The van der Waals surface area contributed by atoms with Gasteiger partial charge in [0.1, 0.15) is 0 Å². The van der Waals surface area contributed by atoms with Crippen molar-refractivity contribution in [1.29, 1.82) is 0 Å². The zero-order chi connectivity index (χ0) is 26.6. The SMILES string of the molecule is C=C1/C=C\C=C/CN(c2ccccc2)c2ccc(-n3c4cc5sc6ccccc6c5cc4c4ncccc43)cc21. The van der Waals surface area contributed by atoms with Gasteiger partial charge in [0, 0.05) is 60.9 Å². The lowest BCUT2D eigenvalue weighted by molar-refractivity contribution is 1.09. The third kappa shape index (κ3) is 3.54. The maximum Gasteiger partial charge on any atom is 0.0963 e. The van der Waals surface area contributed by atoms with Crippen LogP contribution in [0.5, 0.6) is 0 Å². The molecule has 7 aromatic rings. The Bertz CT molecular complexity index is 2160. The molecule has 1 aliphatic heterocycles. The summed E-state index contributed by atoms with van der Waals surface area (Å²) in [7, 11) is 0. The maximum atomic E-state index is 4.86. The predicted molar refractivity (Wildman–Crippen MR) is 172 cm³/mol. The third-order valence-corrected chi connectivity index (χ3v) is 8.93. The number of rotatable bonds is 2. The van der Waals surface area contributed by atoms with E-state index in [9.17, 15) is 0 Å². The van der Waals surface area contributed by atoms with E-state index in [0.717, 1.165) is 45.8 Å². The number of para-hydroxylation sites is 1. The number of pyridine rings is 1. The van der Waals surface area contributed by atoms with Crippen LogP contribution in [0.3, 0.4) is 0 Å². The number of aromatic nitrogens is 2.